The van der Waals surface area contributed by atoms with Gasteiger partial charge in [0.25, 0.3) is 0 Å². The van der Waals surface area contributed by atoms with E-state index in [-0.39, 0.29) is 5.91 Å². The van der Waals surface area contributed by atoms with Crippen LogP contribution in [-0.2, 0) is 11.3 Å². The van der Waals surface area contributed by atoms with E-state index >= 15 is 0 Å². The average Bonchev–Trinajstić information content (AvgIpc) is 2.65. The topological polar surface area (TPSA) is 35.6 Å². The van der Waals surface area contributed by atoms with Crippen LogP contribution in [0.4, 0.5) is 5.69 Å². The summed E-state index contributed by atoms with van der Waals surface area (Å²) in [4.78, 5) is 15.8. The van der Waals surface area contributed by atoms with E-state index < -0.39 is 0 Å². The Morgan fingerprint density at radius 1 is 1.30 bits per heavy atom. The number of carbonyl (C=O) groups excluding carboxylic acids is 1. The van der Waals surface area contributed by atoms with Crippen molar-refractivity contribution in [3.8, 4) is 0 Å². The molecule has 2 rings (SSSR count). The summed E-state index contributed by atoms with van der Waals surface area (Å²) >= 11 is 3.67. The monoisotopic (exact) mass is 339 g/mol. The van der Waals surface area contributed by atoms with Crippen LogP contribution in [0.3, 0.4) is 0 Å². The van der Waals surface area contributed by atoms with Gasteiger partial charge in [0.05, 0.1) is 5.69 Å². The first kappa shape index (κ1) is 15.3. The molecule has 110 valence electrons. The van der Waals surface area contributed by atoms with Crippen molar-refractivity contribution >= 4 is 27.5 Å². The lowest BCUT2D eigenvalue weighted by molar-refractivity contribution is -0.128. The molecule has 0 aliphatic carbocycles. The van der Waals surface area contributed by atoms with Crippen molar-refractivity contribution in [2.75, 3.05) is 38.1 Å². The predicted octanol–water partition coefficient (Wildman–Crippen LogP) is 2.23. The molecule has 0 bridgehead atoms. The summed E-state index contributed by atoms with van der Waals surface area (Å²) in [6, 6.07) is 6.49. The van der Waals surface area contributed by atoms with Crippen molar-refractivity contribution in [3.63, 3.8) is 0 Å². The van der Waals surface area contributed by atoms with Gasteiger partial charge in [0.2, 0.25) is 5.91 Å². The molecule has 1 N–H and O–H groups in total. The van der Waals surface area contributed by atoms with Crippen molar-refractivity contribution in [2.45, 2.75) is 19.9 Å². The summed E-state index contributed by atoms with van der Waals surface area (Å²) in [5.41, 5.74) is 2.48. The third-order valence-corrected chi connectivity index (χ3v) is 4.31. The van der Waals surface area contributed by atoms with Gasteiger partial charge in [-0.05, 0) is 47.1 Å². The molecule has 1 heterocycles. The zero-order valence-electron chi connectivity index (χ0n) is 12.2. The SMILES string of the molecule is CNCc1ccc(N2CCCN(C(C)=O)CC2)c(Br)c1. The number of benzene rings is 1. The second-order valence-corrected chi connectivity index (χ2v) is 6.02. The summed E-state index contributed by atoms with van der Waals surface area (Å²) in [6.07, 6.45) is 1.02. The molecule has 1 aromatic rings. The van der Waals surface area contributed by atoms with Gasteiger partial charge in [0, 0.05) is 44.1 Å². The van der Waals surface area contributed by atoms with Crippen LogP contribution in [-0.4, -0.2) is 44.0 Å². The van der Waals surface area contributed by atoms with E-state index in [4.69, 9.17) is 0 Å². The van der Waals surface area contributed by atoms with Crippen molar-refractivity contribution in [2.24, 2.45) is 0 Å². The van der Waals surface area contributed by atoms with Crippen molar-refractivity contribution in [3.05, 3.63) is 28.2 Å². The number of anilines is 1. The van der Waals surface area contributed by atoms with E-state index in [1.807, 2.05) is 11.9 Å². The molecular formula is C15H22BrN3O. The van der Waals surface area contributed by atoms with Crippen LogP contribution in [0, 0.1) is 0 Å². The Bertz CT molecular complexity index is 478. The number of rotatable bonds is 3. The first-order chi connectivity index (χ1) is 9.61. The third-order valence-electron chi connectivity index (χ3n) is 3.67. The second-order valence-electron chi connectivity index (χ2n) is 5.16. The minimum absolute atomic E-state index is 0.176. The van der Waals surface area contributed by atoms with E-state index in [1.54, 1.807) is 6.92 Å². The first-order valence-electron chi connectivity index (χ1n) is 7.05. The highest BCUT2D eigenvalue weighted by Gasteiger charge is 2.18. The zero-order valence-corrected chi connectivity index (χ0v) is 13.7. The molecule has 0 spiro atoms. The fraction of sp³-hybridized carbons (Fsp3) is 0.533. The fourth-order valence-corrected chi connectivity index (χ4v) is 3.27. The number of hydrogen-bond donors (Lipinski definition) is 1. The van der Waals surface area contributed by atoms with Crippen LogP contribution in [0.1, 0.15) is 18.9 Å². The molecule has 1 amide bonds. The molecule has 0 unspecified atom stereocenters. The van der Waals surface area contributed by atoms with E-state index in [0.29, 0.717) is 0 Å². The Kier molecular flexibility index (Phi) is 5.43. The maximum absolute atomic E-state index is 11.5. The molecule has 4 nitrogen and oxygen atoms in total. The van der Waals surface area contributed by atoms with Crippen LogP contribution in [0.15, 0.2) is 22.7 Å². The Morgan fingerprint density at radius 3 is 2.75 bits per heavy atom. The molecule has 1 aliphatic rings. The van der Waals surface area contributed by atoms with Gasteiger partial charge in [-0.15, -0.1) is 0 Å². The summed E-state index contributed by atoms with van der Waals surface area (Å²) in [6.45, 7) is 6.08. The molecular weight excluding hydrogens is 318 g/mol. The van der Waals surface area contributed by atoms with Crippen LogP contribution in [0.2, 0.25) is 0 Å². The molecule has 1 fully saturated rings. The Labute approximate surface area is 129 Å². The number of hydrogen-bond acceptors (Lipinski definition) is 3. The van der Waals surface area contributed by atoms with Gasteiger partial charge in [-0.2, -0.15) is 0 Å². The number of halogens is 1. The zero-order chi connectivity index (χ0) is 14.5. The maximum atomic E-state index is 11.5. The number of nitrogens with one attached hydrogen (secondary N) is 1. The predicted molar refractivity (Wildman–Crippen MR) is 86.0 cm³/mol. The quantitative estimate of drug-likeness (QED) is 0.917. The normalized spacial score (nSPS) is 16.1. The van der Waals surface area contributed by atoms with Gasteiger partial charge in [-0.1, -0.05) is 6.07 Å². The summed E-state index contributed by atoms with van der Waals surface area (Å²) in [5, 5.41) is 3.16. The minimum atomic E-state index is 0.176. The Morgan fingerprint density at radius 2 is 2.10 bits per heavy atom. The molecule has 0 saturated carbocycles. The maximum Gasteiger partial charge on any atom is 0.219 e. The molecule has 0 aromatic heterocycles. The smallest absolute Gasteiger partial charge is 0.219 e. The highest BCUT2D eigenvalue weighted by atomic mass is 79.9. The standard InChI is InChI=1S/C15H22BrN3O/c1-12(20)18-6-3-7-19(9-8-18)15-5-4-13(11-17-2)10-14(15)16/h4-5,10,17H,3,6-9,11H2,1-2H3. The first-order valence-corrected chi connectivity index (χ1v) is 7.84. The molecule has 5 heteroatoms. The van der Waals surface area contributed by atoms with Gasteiger partial charge in [0.15, 0.2) is 0 Å². The third kappa shape index (κ3) is 3.73. The summed E-state index contributed by atoms with van der Waals surface area (Å²) < 4.78 is 1.13. The molecule has 1 aromatic carbocycles. The Hall–Kier alpha value is -1.07. The second kappa shape index (κ2) is 7.09. The molecule has 0 radical (unpaired) electrons. The van der Waals surface area contributed by atoms with Gasteiger partial charge in [-0.3, -0.25) is 4.79 Å². The van der Waals surface area contributed by atoms with Gasteiger partial charge < -0.3 is 15.1 Å². The Balaban J connectivity index is 2.09. The fourth-order valence-electron chi connectivity index (χ4n) is 2.59. The van der Waals surface area contributed by atoms with Crippen molar-refractivity contribution in [1.82, 2.24) is 10.2 Å². The van der Waals surface area contributed by atoms with E-state index in [0.717, 1.165) is 43.6 Å². The van der Waals surface area contributed by atoms with E-state index in [2.05, 4.69) is 44.3 Å². The highest BCUT2D eigenvalue weighted by Crippen LogP contribution is 2.28. The molecule has 0 atom stereocenters. The van der Waals surface area contributed by atoms with Crippen LogP contribution < -0.4 is 10.2 Å². The van der Waals surface area contributed by atoms with Crippen LogP contribution in [0.5, 0.6) is 0 Å². The minimum Gasteiger partial charge on any atom is -0.369 e. The average molecular weight is 340 g/mol. The van der Waals surface area contributed by atoms with Crippen LogP contribution in [0.25, 0.3) is 0 Å². The highest BCUT2D eigenvalue weighted by molar-refractivity contribution is 9.10. The number of amides is 1. The van der Waals surface area contributed by atoms with Gasteiger partial charge in [-0.25, -0.2) is 0 Å². The molecule has 1 saturated heterocycles. The lowest BCUT2D eigenvalue weighted by Gasteiger charge is -2.24. The van der Waals surface area contributed by atoms with Crippen molar-refractivity contribution < 1.29 is 4.79 Å². The summed E-state index contributed by atoms with van der Waals surface area (Å²) in [7, 11) is 1.95. The number of nitrogens with zero attached hydrogens (tertiary/aromatic N) is 2. The number of carbonyl (C=O) groups is 1. The van der Waals surface area contributed by atoms with Gasteiger partial charge >= 0.3 is 0 Å². The molecule has 20 heavy (non-hydrogen) atoms. The summed E-state index contributed by atoms with van der Waals surface area (Å²) in [5.74, 6) is 0.176. The van der Waals surface area contributed by atoms with Gasteiger partial charge in [0.1, 0.15) is 0 Å². The van der Waals surface area contributed by atoms with Crippen LogP contribution >= 0.6 is 15.9 Å². The lowest BCUT2D eigenvalue weighted by Crippen LogP contribution is -2.33. The molecule has 1 aliphatic heterocycles. The van der Waals surface area contributed by atoms with Crippen molar-refractivity contribution in [1.29, 1.82) is 0 Å². The van der Waals surface area contributed by atoms with E-state index in [1.165, 1.54) is 11.3 Å². The largest absolute Gasteiger partial charge is 0.369 e. The van der Waals surface area contributed by atoms with E-state index in [9.17, 15) is 4.79 Å². The lowest BCUT2D eigenvalue weighted by atomic mass is 10.2.